The van der Waals surface area contributed by atoms with Crippen LogP contribution in [0.5, 0.6) is 0 Å². The van der Waals surface area contributed by atoms with Gasteiger partial charge in [0.15, 0.2) is 0 Å². The van der Waals surface area contributed by atoms with Crippen LogP contribution in [-0.4, -0.2) is 16.8 Å². The van der Waals surface area contributed by atoms with Crippen molar-refractivity contribution >= 4 is 39.7 Å². The van der Waals surface area contributed by atoms with E-state index in [9.17, 15) is 14.4 Å². The fourth-order valence-corrected chi connectivity index (χ4v) is 2.54. The van der Waals surface area contributed by atoms with Gasteiger partial charge >= 0.3 is 0 Å². The quantitative estimate of drug-likeness (QED) is 0.540. The fraction of sp³-hybridized carbons (Fsp3) is 1.00. The highest BCUT2D eigenvalue weighted by Gasteiger charge is 2.06. The highest BCUT2D eigenvalue weighted by molar-refractivity contribution is 9.09. The Morgan fingerprint density at radius 3 is 1.90 bits per heavy atom. The monoisotopic (exact) mass is 294 g/mol. The molecular formula is C3H5Br2O4P-2. The topological polar surface area (TPSA) is 72.4 Å². The van der Waals surface area contributed by atoms with E-state index in [0.29, 0.717) is 10.7 Å². The fourth-order valence-electron chi connectivity index (χ4n) is 0.280. The lowest BCUT2D eigenvalue weighted by Gasteiger charge is -2.31. The number of rotatable bonds is 4. The molecule has 0 unspecified atom stereocenters. The van der Waals surface area contributed by atoms with Crippen LogP contribution in [0.1, 0.15) is 0 Å². The van der Waals surface area contributed by atoms with Crippen LogP contribution in [0.15, 0.2) is 0 Å². The molecule has 0 aliphatic carbocycles. The van der Waals surface area contributed by atoms with Crippen LogP contribution < -0.4 is 9.79 Å². The second-order valence-electron chi connectivity index (χ2n) is 1.48. The molecule has 0 aliphatic rings. The van der Waals surface area contributed by atoms with Gasteiger partial charge in [-0.15, -0.1) is 0 Å². The molecular weight excluding hydrogens is 291 g/mol. The van der Waals surface area contributed by atoms with Crippen LogP contribution >= 0.6 is 39.7 Å². The van der Waals surface area contributed by atoms with Gasteiger partial charge in [-0.1, -0.05) is 31.9 Å². The Labute approximate surface area is 75.5 Å². The van der Waals surface area contributed by atoms with Gasteiger partial charge in [-0.05, 0) is 0 Å². The molecule has 0 N–H and O–H groups in total. The average Bonchev–Trinajstić information content (AvgIpc) is 1.81. The molecule has 0 aliphatic heterocycles. The second-order valence-corrected chi connectivity index (χ2v) is 3.88. The molecule has 0 saturated carbocycles. The first-order valence-electron chi connectivity index (χ1n) is 2.32. The molecule has 62 valence electrons. The first kappa shape index (κ1) is 11.1. The zero-order valence-electron chi connectivity index (χ0n) is 4.83. The van der Waals surface area contributed by atoms with E-state index in [-0.39, 0.29) is 0 Å². The minimum atomic E-state index is -4.81. The molecule has 0 saturated heterocycles. The maximum atomic E-state index is 9.97. The Hall–Kier alpha value is 1.07. The largest absolute Gasteiger partial charge is 0.790 e. The van der Waals surface area contributed by atoms with E-state index in [1.54, 1.807) is 0 Å². The van der Waals surface area contributed by atoms with E-state index in [2.05, 4.69) is 36.4 Å². The van der Waals surface area contributed by atoms with Gasteiger partial charge in [0.2, 0.25) is 0 Å². The summed E-state index contributed by atoms with van der Waals surface area (Å²) in [6.45, 7) is 0. The first-order chi connectivity index (χ1) is 4.49. The van der Waals surface area contributed by atoms with Gasteiger partial charge in [0, 0.05) is 10.7 Å². The minimum Gasteiger partial charge on any atom is -0.790 e. The summed E-state index contributed by atoms with van der Waals surface area (Å²) in [5, 5.41) is 0.624. The van der Waals surface area contributed by atoms with Crippen molar-refractivity contribution in [1.29, 1.82) is 0 Å². The Morgan fingerprint density at radius 2 is 1.80 bits per heavy atom. The van der Waals surface area contributed by atoms with Crippen molar-refractivity contribution in [2.45, 2.75) is 6.10 Å². The van der Waals surface area contributed by atoms with Crippen LogP contribution in [0.2, 0.25) is 0 Å². The van der Waals surface area contributed by atoms with E-state index in [4.69, 9.17) is 0 Å². The predicted molar refractivity (Wildman–Crippen MR) is 40.1 cm³/mol. The summed E-state index contributed by atoms with van der Waals surface area (Å²) >= 11 is 5.95. The predicted octanol–water partition coefficient (Wildman–Crippen LogP) is -0.00990. The molecule has 0 heterocycles. The van der Waals surface area contributed by atoms with Crippen molar-refractivity contribution in [2.75, 3.05) is 10.7 Å². The molecule has 0 fully saturated rings. The molecule has 10 heavy (non-hydrogen) atoms. The molecule has 4 nitrogen and oxygen atoms in total. The maximum absolute atomic E-state index is 9.97. The highest BCUT2D eigenvalue weighted by Crippen LogP contribution is 2.28. The standard InChI is InChI=1S/C3H7Br2O4P/c4-1-3(2-5)9-10(6,7)8/h3H,1-2H2,(H2,6,7,8)/p-2. The number of hydrogen-bond acceptors (Lipinski definition) is 4. The molecule has 7 heteroatoms. The number of halogens is 2. The molecule has 0 spiro atoms. The first-order valence-corrected chi connectivity index (χ1v) is 6.02. The number of alkyl halides is 2. The van der Waals surface area contributed by atoms with Crippen molar-refractivity contribution in [3.05, 3.63) is 0 Å². The van der Waals surface area contributed by atoms with Crippen LogP contribution in [0.25, 0.3) is 0 Å². The third-order valence-electron chi connectivity index (χ3n) is 0.622. The molecule has 0 aromatic carbocycles. The van der Waals surface area contributed by atoms with Crippen molar-refractivity contribution in [2.24, 2.45) is 0 Å². The van der Waals surface area contributed by atoms with Crippen molar-refractivity contribution < 1.29 is 18.9 Å². The smallest absolute Gasteiger partial charge is 0.0820 e. The van der Waals surface area contributed by atoms with Gasteiger partial charge in [-0.3, -0.25) is 0 Å². The van der Waals surface area contributed by atoms with Crippen LogP contribution in [-0.2, 0) is 9.09 Å². The van der Waals surface area contributed by atoms with Crippen molar-refractivity contribution in [3.63, 3.8) is 0 Å². The number of phosphoric ester groups is 1. The third-order valence-corrected chi connectivity index (χ3v) is 2.62. The lowest BCUT2D eigenvalue weighted by molar-refractivity contribution is -0.343. The Bertz CT molecular complexity index is 130. The minimum absolute atomic E-state index is 0.312. The summed E-state index contributed by atoms with van der Waals surface area (Å²) < 4.78 is 14.1. The van der Waals surface area contributed by atoms with E-state index >= 15 is 0 Å². The summed E-state index contributed by atoms with van der Waals surface area (Å²) in [4.78, 5) is 19.9. The van der Waals surface area contributed by atoms with Crippen LogP contribution in [0.3, 0.4) is 0 Å². The van der Waals surface area contributed by atoms with Gasteiger partial charge < -0.3 is 18.9 Å². The van der Waals surface area contributed by atoms with Crippen molar-refractivity contribution in [3.8, 4) is 0 Å². The molecule has 0 aromatic rings. The van der Waals surface area contributed by atoms with E-state index < -0.39 is 13.9 Å². The summed E-state index contributed by atoms with van der Waals surface area (Å²) in [6.07, 6.45) is -0.610. The Balaban J connectivity index is 3.75. The third kappa shape index (κ3) is 5.82. The van der Waals surface area contributed by atoms with Gasteiger partial charge in [0.1, 0.15) is 0 Å². The molecule has 0 rings (SSSR count). The van der Waals surface area contributed by atoms with Crippen molar-refractivity contribution in [1.82, 2.24) is 0 Å². The Morgan fingerprint density at radius 1 is 1.40 bits per heavy atom. The summed E-state index contributed by atoms with van der Waals surface area (Å²) in [5.41, 5.74) is 0. The highest BCUT2D eigenvalue weighted by atomic mass is 79.9. The molecule has 0 bridgehead atoms. The zero-order valence-corrected chi connectivity index (χ0v) is 8.89. The van der Waals surface area contributed by atoms with Gasteiger partial charge in [-0.2, -0.15) is 0 Å². The molecule has 0 atom stereocenters. The van der Waals surface area contributed by atoms with Crippen LogP contribution in [0, 0.1) is 0 Å². The second kappa shape index (κ2) is 4.85. The van der Waals surface area contributed by atoms with E-state index in [1.807, 2.05) is 0 Å². The average molecular weight is 296 g/mol. The SMILES string of the molecule is O=P([O-])([O-])OC(CBr)CBr. The van der Waals surface area contributed by atoms with Gasteiger partial charge in [0.05, 0.1) is 13.9 Å². The summed E-state index contributed by atoms with van der Waals surface area (Å²) in [6, 6.07) is 0. The lowest BCUT2D eigenvalue weighted by Crippen LogP contribution is -2.24. The molecule has 0 aromatic heterocycles. The lowest BCUT2D eigenvalue weighted by atomic mass is 10.5. The van der Waals surface area contributed by atoms with E-state index in [0.717, 1.165) is 0 Å². The normalized spacial score (nSPS) is 12.5. The van der Waals surface area contributed by atoms with Crippen LogP contribution in [0.4, 0.5) is 0 Å². The molecule has 0 radical (unpaired) electrons. The van der Waals surface area contributed by atoms with E-state index in [1.165, 1.54) is 0 Å². The number of phosphoric acid groups is 1. The summed E-state index contributed by atoms with van der Waals surface area (Å²) in [7, 11) is -4.81. The molecule has 0 amide bonds. The maximum Gasteiger partial charge on any atom is 0.0820 e. The van der Waals surface area contributed by atoms with Gasteiger partial charge in [0.25, 0.3) is 0 Å². The van der Waals surface area contributed by atoms with Gasteiger partial charge in [-0.25, -0.2) is 0 Å². The number of hydrogen-bond donors (Lipinski definition) is 0. The Kier molecular flexibility index (Phi) is 5.37. The zero-order chi connectivity index (χ0) is 8.20. The summed E-state index contributed by atoms with van der Waals surface area (Å²) in [5.74, 6) is 0.